The molecule has 0 aromatic heterocycles. The minimum absolute atomic E-state index is 0.276. The molecule has 0 bridgehead atoms. The van der Waals surface area contributed by atoms with Crippen molar-refractivity contribution in [1.82, 2.24) is 0 Å². The van der Waals surface area contributed by atoms with Crippen molar-refractivity contribution >= 4 is 0 Å². The van der Waals surface area contributed by atoms with E-state index in [-0.39, 0.29) is 5.92 Å². The van der Waals surface area contributed by atoms with Gasteiger partial charge in [0.1, 0.15) is 0 Å². The molecule has 0 aromatic rings. The number of halogens is 3. The van der Waals surface area contributed by atoms with E-state index in [1.165, 1.54) is 0 Å². The van der Waals surface area contributed by atoms with Gasteiger partial charge in [-0.25, -0.2) is 0 Å². The molecular weight excluding hydrogens is 173 g/mol. The molecule has 0 aliphatic heterocycles. The first-order valence-corrected chi connectivity index (χ1v) is 3.68. The second-order valence-electron chi connectivity index (χ2n) is 3.10. The predicted octanol–water partition coefficient (Wildman–Crippen LogP) is 1.32. The second kappa shape index (κ2) is 4.09. The average Bonchev–Trinajstić information content (AvgIpc) is 1.85. The Kier molecular flexibility index (Phi) is 3.99. The first-order chi connectivity index (χ1) is 5.25. The molecule has 0 rings (SSSR count). The molecule has 12 heavy (non-hydrogen) atoms. The smallest absolute Gasteiger partial charge is 0.393 e. The van der Waals surface area contributed by atoms with Crippen molar-refractivity contribution in [3.63, 3.8) is 0 Å². The normalized spacial score (nSPS) is 18.0. The summed E-state index contributed by atoms with van der Waals surface area (Å²) in [5.74, 6) is -0.276. The molecule has 2 N–H and O–H groups in total. The predicted molar refractivity (Wildman–Crippen MR) is 37.5 cm³/mol. The molecule has 0 radical (unpaired) electrons. The van der Waals surface area contributed by atoms with E-state index >= 15 is 0 Å². The molecular formula is C7H13F3O2. The Morgan fingerprint density at radius 2 is 1.58 bits per heavy atom. The lowest BCUT2D eigenvalue weighted by Gasteiger charge is -2.20. The summed E-state index contributed by atoms with van der Waals surface area (Å²) in [6, 6.07) is 0. The second-order valence-corrected chi connectivity index (χ2v) is 3.10. The standard InChI is InChI=1S/C7H13F3O2/c1-4(2)5(11)3-6(12)7(8,9)10/h4-6,11-12H,3H2,1-2H3. The van der Waals surface area contributed by atoms with Crippen LogP contribution in [0.4, 0.5) is 13.2 Å². The van der Waals surface area contributed by atoms with Gasteiger partial charge in [0.2, 0.25) is 0 Å². The summed E-state index contributed by atoms with van der Waals surface area (Å²) in [5, 5.41) is 17.5. The Labute approximate surface area is 69.0 Å². The van der Waals surface area contributed by atoms with Crippen LogP contribution in [-0.2, 0) is 0 Å². The van der Waals surface area contributed by atoms with Gasteiger partial charge in [-0.05, 0) is 5.92 Å². The van der Waals surface area contributed by atoms with Crippen LogP contribution in [0.2, 0.25) is 0 Å². The molecule has 0 saturated carbocycles. The summed E-state index contributed by atoms with van der Waals surface area (Å²) >= 11 is 0. The van der Waals surface area contributed by atoms with Crippen LogP contribution in [0.25, 0.3) is 0 Å². The number of rotatable bonds is 3. The van der Waals surface area contributed by atoms with Crippen molar-refractivity contribution in [2.24, 2.45) is 5.92 Å². The number of aliphatic hydroxyl groups is 2. The largest absolute Gasteiger partial charge is 0.414 e. The SMILES string of the molecule is CC(C)C(O)CC(O)C(F)(F)F. The number of alkyl halides is 3. The van der Waals surface area contributed by atoms with E-state index in [1.54, 1.807) is 13.8 Å². The highest BCUT2D eigenvalue weighted by molar-refractivity contribution is 4.71. The molecule has 2 unspecified atom stereocenters. The lowest BCUT2D eigenvalue weighted by molar-refractivity contribution is -0.212. The summed E-state index contributed by atoms with van der Waals surface area (Å²) in [6.45, 7) is 3.18. The van der Waals surface area contributed by atoms with Crippen molar-refractivity contribution in [2.75, 3.05) is 0 Å². The van der Waals surface area contributed by atoms with E-state index in [0.717, 1.165) is 0 Å². The van der Waals surface area contributed by atoms with E-state index in [9.17, 15) is 13.2 Å². The number of hydrogen-bond acceptors (Lipinski definition) is 2. The lowest BCUT2D eigenvalue weighted by Crippen LogP contribution is -2.33. The highest BCUT2D eigenvalue weighted by Gasteiger charge is 2.39. The Morgan fingerprint density at radius 1 is 1.17 bits per heavy atom. The molecule has 74 valence electrons. The molecule has 0 aliphatic carbocycles. The highest BCUT2D eigenvalue weighted by atomic mass is 19.4. The first-order valence-electron chi connectivity index (χ1n) is 3.68. The summed E-state index contributed by atoms with van der Waals surface area (Å²) in [5.41, 5.74) is 0. The maximum Gasteiger partial charge on any atom is 0.414 e. The van der Waals surface area contributed by atoms with Crippen molar-refractivity contribution < 1.29 is 23.4 Å². The third-order valence-corrected chi connectivity index (χ3v) is 1.61. The Bertz CT molecular complexity index is 133. The maximum absolute atomic E-state index is 11.7. The zero-order valence-electron chi connectivity index (χ0n) is 6.97. The van der Waals surface area contributed by atoms with Gasteiger partial charge in [0.05, 0.1) is 6.10 Å². The van der Waals surface area contributed by atoms with Crippen molar-refractivity contribution in [1.29, 1.82) is 0 Å². The van der Waals surface area contributed by atoms with Crippen LogP contribution in [-0.4, -0.2) is 28.6 Å². The van der Waals surface area contributed by atoms with Crippen molar-refractivity contribution in [3.05, 3.63) is 0 Å². The van der Waals surface area contributed by atoms with Crippen LogP contribution in [0.3, 0.4) is 0 Å². The van der Waals surface area contributed by atoms with E-state index in [0.29, 0.717) is 0 Å². The maximum atomic E-state index is 11.7. The molecule has 0 heterocycles. The van der Waals surface area contributed by atoms with Gasteiger partial charge in [-0.3, -0.25) is 0 Å². The van der Waals surface area contributed by atoms with Gasteiger partial charge in [0.15, 0.2) is 6.10 Å². The molecule has 0 saturated heterocycles. The van der Waals surface area contributed by atoms with Crippen LogP contribution >= 0.6 is 0 Å². The van der Waals surface area contributed by atoms with E-state index in [2.05, 4.69) is 0 Å². The van der Waals surface area contributed by atoms with Crippen LogP contribution in [0.1, 0.15) is 20.3 Å². The average molecular weight is 186 g/mol. The fourth-order valence-corrected chi connectivity index (χ4v) is 0.635. The van der Waals surface area contributed by atoms with Gasteiger partial charge in [0, 0.05) is 6.42 Å². The minimum Gasteiger partial charge on any atom is -0.393 e. The van der Waals surface area contributed by atoms with Gasteiger partial charge in [-0.15, -0.1) is 0 Å². The molecule has 0 amide bonds. The van der Waals surface area contributed by atoms with Crippen LogP contribution in [0, 0.1) is 5.92 Å². The zero-order valence-corrected chi connectivity index (χ0v) is 6.97. The highest BCUT2D eigenvalue weighted by Crippen LogP contribution is 2.24. The molecule has 0 aromatic carbocycles. The van der Waals surface area contributed by atoms with Gasteiger partial charge in [-0.1, -0.05) is 13.8 Å². The molecule has 2 nitrogen and oxygen atoms in total. The third kappa shape index (κ3) is 3.92. The lowest BCUT2D eigenvalue weighted by atomic mass is 10.0. The Morgan fingerprint density at radius 3 is 1.83 bits per heavy atom. The fraction of sp³-hybridized carbons (Fsp3) is 1.00. The van der Waals surface area contributed by atoms with E-state index in [1.807, 2.05) is 0 Å². The van der Waals surface area contributed by atoms with Crippen LogP contribution in [0.15, 0.2) is 0 Å². The first kappa shape index (κ1) is 11.7. The Hall–Kier alpha value is -0.290. The molecule has 0 spiro atoms. The van der Waals surface area contributed by atoms with Crippen molar-refractivity contribution in [3.8, 4) is 0 Å². The summed E-state index contributed by atoms with van der Waals surface area (Å²) in [4.78, 5) is 0. The van der Waals surface area contributed by atoms with Crippen molar-refractivity contribution in [2.45, 2.75) is 38.7 Å². The van der Waals surface area contributed by atoms with Gasteiger partial charge in [0.25, 0.3) is 0 Å². The minimum atomic E-state index is -4.63. The van der Waals surface area contributed by atoms with E-state index < -0.39 is 24.8 Å². The van der Waals surface area contributed by atoms with Gasteiger partial charge in [-0.2, -0.15) is 13.2 Å². The fourth-order valence-electron chi connectivity index (χ4n) is 0.635. The van der Waals surface area contributed by atoms with E-state index in [4.69, 9.17) is 10.2 Å². The van der Waals surface area contributed by atoms with Gasteiger partial charge < -0.3 is 10.2 Å². The zero-order chi connectivity index (χ0) is 9.94. The van der Waals surface area contributed by atoms with Gasteiger partial charge >= 0.3 is 6.18 Å². The number of hydrogen-bond donors (Lipinski definition) is 2. The topological polar surface area (TPSA) is 40.5 Å². The summed E-state index contributed by atoms with van der Waals surface area (Å²) in [7, 11) is 0. The molecule has 0 aliphatic rings. The summed E-state index contributed by atoms with van der Waals surface area (Å²) < 4.78 is 35.1. The van der Waals surface area contributed by atoms with Crippen LogP contribution in [0.5, 0.6) is 0 Å². The summed E-state index contributed by atoms with van der Waals surface area (Å²) in [6.07, 6.45) is -8.81. The monoisotopic (exact) mass is 186 g/mol. The molecule has 2 atom stereocenters. The quantitative estimate of drug-likeness (QED) is 0.697. The third-order valence-electron chi connectivity index (χ3n) is 1.61. The molecule has 5 heteroatoms. The van der Waals surface area contributed by atoms with Crippen LogP contribution < -0.4 is 0 Å². The number of aliphatic hydroxyl groups excluding tert-OH is 2. The molecule has 0 fully saturated rings. The Balaban J connectivity index is 3.93.